The van der Waals surface area contributed by atoms with E-state index in [0.29, 0.717) is 5.56 Å². The number of amides is 1. The molecule has 0 aromatic heterocycles. The highest BCUT2D eigenvalue weighted by molar-refractivity contribution is 6.40. The normalized spacial score (nSPS) is 34.9. The molecule has 4 aliphatic rings. The number of Topliss-reactive ketones (excluding diaryl/α,β-unsaturated/α-hetero) is 2. The molecular weight excluding hydrogens is 750 g/mol. The Labute approximate surface area is 338 Å². The van der Waals surface area contributed by atoms with E-state index in [1.807, 2.05) is 6.92 Å². The Hall–Kier alpha value is -4.66. The van der Waals surface area contributed by atoms with Gasteiger partial charge in [-0.15, -0.1) is 0 Å². The Bertz CT molecular complexity index is 1940. The number of nitrogens with one attached hydrogen (secondary N) is 1. The van der Waals surface area contributed by atoms with E-state index in [-0.39, 0.29) is 18.6 Å². The van der Waals surface area contributed by atoms with Crippen LogP contribution >= 0.6 is 0 Å². The van der Waals surface area contributed by atoms with Crippen LogP contribution in [0.3, 0.4) is 0 Å². The van der Waals surface area contributed by atoms with Crippen molar-refractivity contribution < 1.29 is 62.7 Å². The zero-order chi connectivity index (χ0) is 42.7. The second kappa shape index (κ2) is 15.2. The Morgan fingerprint density at radius 3 is 2.09 bits per heavy atom. The molecule has 1 aliphatic heterocycles. The van der Waals surface area contributed by atoms with Crippen molar-refractivity contribution in [3.05, 3.63) is 71.8 Å². The first-order valence-corrected chi connectivity index (χ1v) is 19.8. The van der Waals surface area contributed by atoms with Gasteiger partial charge in [0.1, 0.15) is 29.5 Å². The molecule has 12 atom stereocenters. The maximum Gasteiger partial charge on any atom is 0.408 e. The smallest absolute Gasteiger partial charge is 0.408 e. The van der Waals surface area contributed by atoms with Crippen molar-refractivity contribution in [1.82, 2.24) is 5.32 Å². The van der Waals surface area contributed by atoms with E-state index in [1.165, 1.54) is 6.92 Å². The van der Waals surface area contributed by atoms with Gasteiger partial charge in [-0.1, -0.05) is 76.2 Å². The van der Waals surface area contributed by atoms with Crippen molar-refractivity contribution in [2.75, 3.05) is 6.61 Å². The standard InChI is InChI=1S/C44H55NO13/c1-23-27(56-38(51)33(55-24(2)46)31(25-16-12-10-13-17-25)45-39(52)58-40(3,4)5)21-44(53)36(57-37(50)26-18-14-11-15-19-26)34-42(8)22-54-29(42)20-28(47)43(34,9)35(49)32(48)30(23)41(44,6)7/h10-19,23,27-31,33-34,36,47,53H,20-22H2,1-9H3,(H,45,52). The minimum atomic E-state index is -2.19. The Kier molecular flexibility index (Phi) is 11.2. The number of esters is 3. The van der Waals surface area contributed by atoms with Gasteiger partial charge in [-0.25, -0.2) is 14.4 Å². The molecule has 14 nitrogen and oxygen atoms in total. The van der Waals surface area contributed by atoms with E-state index in [1.54, 1.807) is 102 Å². The first kappa shape index (κ1) is 42.9. The van der Waals surface area contributed by atoms with E-state index in [0.717, 1.165) is 6.92 Å². The Morgan fingerprint density at radius 2 is 1.53 bits per heavy atom. The molecule has 3 aliphatic carbocycles. The molecule has 314 valence electrons. The largest absolute Gasteiger partial charge is 0.459 e. The minimum Gasteiger partial charge on any atom is -0.459 e. The first-order chi connectivity index (χ1) is 27.0. The molecule has 14 heteroatoms. The number of fused-ring (bicyclic) bond motifs is 5. The molecule has 58 heavy (non-hydrogen) atoms. The third kappa shape index (κ3) is 7.21. The molecule has 2 aromatic carbocycles. The minimum absolute atomic E-state index is 0.0433. The second-order valence-corrected chi connectivity index (χ2v) is 18.4. The third-order valence-corrected chi connectivity index (χ3v) is 13.3. The Morgan fingerprint density at radius 1 is 0.931 bits per heavy atom. The molecule has 2 aromatic rings. The zero-order valence-electron chi connectivity index (χ0n) is 34.5. The van der Waals surface area contributed by atoms with Crippen molar-refractivity contribution in [3.63, 3.8) is 0 Å². The highest BCUT2D eigenvalue weighted by Gasteiger charge is 2.76. The average Bonchev–Trinajstić information content (AvgIpc) is 3.14. The number of rotatable bonds is 8. The molecule has 3 N–H and O–H groups in total. The average molecular weight is 806 g/mol. The van der Waals surface area contributed by atoms with Gasteiger partial charge in [0.15, 0.2) is 0 Å². The predicted octanol–water partition coefficient (Wildman–Crippen LogP) is 4.68. The fraction of sp³-hybridized carbons (Fsp3) is 0.591. The van der Waals surface area contributed by atoms with E-state index in [4.69, 9.17) is 23.7 Å². The molecule has 1 amide bonds. The van der Waals surface area contributed by atoms with Gasteiger partial charge in [0, 0.05) is 48.3 Å². The predicted molar refractivity (Wildman–Crippen MR) is 206 cm³/mol. The van der Waals surface area contributed by atoms with Crippen LogP contribution in [0.2, 0.25) is 0 Å². The zero-order valence-corrected chi connectivity index (χ0v) is 34.5. The maximum absolute atomic E-state index is 14.8. The highest BCUT2D eigenvalue weighted by atomic mass is 16.6. The van der Waals surface area contributed by atoms with Crippen LogP contribution in [-0.4, -0.2) is 94.1 Å². The van der Waals surface area contributed by atoms with Gasteiger partial charge in [0.2, 0.25) is 17.7 Å². The molecule has 4 fully saturated rings. The van der Waals surface area contributed by atoms with Crippen molar-refractivity contribution in [2.24, 2.45) is 34.0 Å². The summed E-state index contributed by atoms with van der Waals surface area (Å²) >= 11 is 0. The van der Waals surface area contributed by atoms with Crippen LogP contribution in [0, 0.1) is 34.0 Å². The van der Waals surface area contributed by atoms with Gasteiger partial charge in [0.05, 0.1) is 29.8 Å². The molecule has 12 unspecified atom stereocenters. The molecule has 0 spiro atoms. The number of hydrogen-bond donors (Lipinski definition) is 3. The number of aliphatic hydroxyl groups is 2. The van der Waals surface area contributed by atoms with Gasteiger partial charge in [0.25, 0.3) is 0 Å². The quantitative estimate of drug-likeness (QED) is 0.189. The summed E-state index contributed by atoms with van der Waals surface area (Å²) in [6, 6.07) is 15.1. The van der Waals surface area contributed by atoms with Crippen LogP contribution < -0.4 is 5.32 Å². The fourth-order valence-corrected chi connectivity index (χ4v) is 10.2. The van der Waals surface area contributed by atoms with Gasteiger partial charge < -0.3 is 39.2 Å². The van der Waals surface area contributed by atoms with Crippen LogP contribution in [-0.2, 0) is 42.9 Å². The molecule has 0 radical (unpaired) electrons. The van der Waals surface area contributed by atoms with E-state index < -0.39 is 124 Å². The topological polar surface area (TPSA) is 201 Å². The van der Waals surface area contributed by atoms with Crippen LogP contribution in [0.4, 0.5) is 4.79 Å². The van der Waals surface area contributed by atoms with Crippen molar-refractivity contribution in [2.45, 2.75) is 123 Å². The lowest BCUT2D eigenvalue weighted by Gasteiger charge is -2.68. The number of benzene rings is 2. The molecule has 2 bridgehead atoms. The lowest BCUT2D eigenvalue weighted by Crippen LogP contribution is -2.79. The summed E-state index contributed by atoms with van der Waals surface area (Å²) in [6.45, 7) is 14.3. The highest BCUT2D eigenvalue weighted by Crippen LogP contribution is 2.66. The van der Waals surface area contributed by atoms with Crippen molar-refractivity contribution in [3.8, 4) is 0 Å². The summed E-state index contributed by atoms with van der Waals surface area (Å²) in [7, 11) is 0. The van der Waals surface area contributed by atoms with Crippen molar-refractivity contribution >= 4 is 35.6 Å². The fourth-order valence-electron chi connectivity index (χ4n) is 10.2. The third-order valence-electron chi connectivity index (χ3n) is 13.3. The SMILES string of the molecule is CC(=O)OC(C(=O)OC1CC2(O)C(OC(=O)c3ccccc3)C3C4(C)COC4CC(O)C3(C)C(=O)C(=O)C(C1C)C2(C)C)C(NC(=O)OC(C)(C)C)c1ccccc1. The number of carbonyl (C=O) groups is 6. The summed E-state index contributed by atoms with van der Waals surface area (Å²) in [6.07, 6.45) is -7.91. The monoisotopic (exact) mass is 805 g/mol. The number of alkyl carbamates (subject to hydrolysis) is 1. The molecule has 6 rings (SSSR count). The van der Waals surface area contributed by atoms with Crippen LogP contribution in [0.1, 0.15) is 97.1 Å². The van der Waals surface area contributed by atoms with Gasteiger partial charge in [-0.2, -0.15) is 0 Å². The second-order valence-electron chi connectivity index (χ2n) is 18.4. The van der Waals surface area contributed by atoms with Gasteiger partial charge >= 0.3 is 24.0 Å². The number of aliphatic hydroxyl groups excluding tert-OH is 1. The van der Waals surface area contributed by atoms with Gasteiger partial charge in [-0.05, 0) is 45.4 Å². The van der Waals surface area contributed by atoms with Crippen LogP contribution in [0.5, 0.6) is 0 Å². The summed E-state index contributed by atoms with van der Waals surface area (Å²) in [5, 5.41) is 27.9. The molecule has 3 saturated carbocycles. The lowest BCUT2D eigenvalue weighted by molar-refractivity contribution is -0.321. The number of ether oxygens (including phenoxy) is 5. The summed E-state index contributed by atoms with van der Waals surface area (Å²) in [5.74, 6) is -7.97. The molecule has 1 heterocycles. The van der Waals surface area contributed by atoms with E-state index in [2.05, 4.69) is 5.32 Å². The van der Waals surface area contributed by atoms with E-state index >= 15 is 0 Å². The number of carbonyl (C=O) groups excluding carboxylic acids is 6. The summed E-state index contributed by atoms with van der Waals surface area (Å²) < 4.78 is 29.5. The van der Waals surface area contributed by atoms with Crippen LogP contribution in [0.15, 0.2) is 60.7 Å². The van der Waals surface area contributed by atoms with Crippen LogP contribution in [0.25, 0.3) is 0 Å². The molecule has 1 saturated heterocycles. The lowest BCUT2D eigenvalue weighted by atomic mass is 9.41. The first-order valence-electron chi connectivity index (χ1n) is 19.8. The Balaban J connectivity index is 1.46. The number of hydrogen-bond acceptors (Lipinski definition) is 13. The number of ketones is 2. The van der Waals surface area contributed by atoms with E-state index in [9.17, 15) is 39.0 Å². The van der Waals surface area contributed by atoms with Crippen molar-refractivity contribution in [1.29, 1.82) is 0 Å². The summed E-state index contributed by atoms with van der Waals surface area (Å²) in [4.78, 5) is 84.0. The maximum atomic E-state index is 14.8. The van der Waals surface area contributed by atoms with Gasteiger partial charge in [-0.3, -0.25) is 14.4 Å². The molecular formula is C44H55NO13. The summed E-state index contributed by atoms with van der Waals surface area (Å²) in [5.41, 5.74) is -6.83.